The van der Waals surface area contributed by atoms with E-state index in [9.17, 15) is 19.2 Å². The van der Waals surface area contributed by atoms with E-state index in [4.69, 9.17) is 0 Å². The lowest BCUT2D eigenvalue weighted by Gasteiger charge is -2.36. The summed E-state index contributed by atoms with van der Waals surface area (Å²) in [5.74, 6) is -0.256. The van der Waals surface area contributed by atoms with Gasteiger partial charge in [-0.25, -0.2) is 0 Å². The third-order valence-electron chi connectivity index (χ3n) is 7.15. The summed E-state index contributed by atoms with van der Waals surface area (Å²) < 4.78 is 0. The second kappa shape index (κ2) is 11.9. The number of rotatable bonds is 8. The van der Waals surface area contributed by atoms with Crippen molar-refractivity contribution in [2.45, 2.75) is 26.2 Å². The first-order valence-corrected chi connectivity index (χ1v) is 14.1. The average molecular weight is 555 g/mol. The first-order valence-electron chi connectivity index (χ1n) is 13.2. The van der Waals surface area contributed by atoms with Gasteiger partial charge in [0.1, 0.15) is 0 Å². The fourth-order valence-corrected chi connectivity index (χ4v) is 5.60. The first kappa shape index (κ1) is 27.3. The first-order chi connectivity index (χ1) is 19.3. The van der Waals surface area contributed by atoms with Crippen LogP contribution in [-0.2, 0) is 14.4 Å². The summed E-state index contributed by atoms with van der Waals surface area (Å²) in [6.07, 6.45) is 4.82. The quantitative estimate of drug-likeness (QED) is 0.383. The fraction of sp³-hybridized carbons (Fsp3) is 0.258. The molecule has 2 saturated heterocycles. The number of Topliss-reactive ketones (excluding diaryl/α,β-unsaturated/α-hetero) is 1. The highest BCUT2D eigenvalue weighted by Gasteiger charge is 2.25. The molecule has 2 aliphatic rings. The summed E-state index contributed by atoms with van der Waals surface area (Å²) in [6, 6.07) is 16.1. The summed E-state index contributed by atoms with van der Waals surface area (Å²) in [6.45, 7) is 8.18. The smallest absolute Gasteiger partial charge is 0.290 e. The standard InChI is InChI=1S/C31H30N4O4S/c1-20(2)27(36)4-3-5-29(37)35-16-14-34(15-17-35)23-9-7-22(8-10-23)24-12-13-32-26-11-6-21(18-25(24)26)19-28-30(38)33-31(39)40-28/h6-13,18-19H,1,3-5,14-17H2,2H3,(H,33,38,39)/b28-19-. The Hall–Kier alpha value is -4.24. The van der Waals surface area contributed by atoms with Gasteiger partial charge in [0.05, 0.1) is 10.4 Å². The predicted molar refractivity (Wildman–Crippen MR) is 159 cm³/mol. The highest BCUT2D eigenvalue weighted by molar-refractivity contribution is 8.18. The Bertz CT molecular complexity index is 1540. The molecule has 2 aliphatic heterocycles. The van der Waals surface area contributed by atoms with E-state index in [1.165, 1.54) is 0 Å². The van der Waals surface area contributed by atoms with E-state index in [-0.39, 0.29) is 22.8 Å². The van der Waals surface area contributed by atoms with Crippen LogP contribution >= 0.6 is 11.8 Å². The van der Waals surface area contributed by atoms with Crippen LogP contribution in [-0.4, -0.2) is 58.9 Å². The topological polar surface area (TPSA) is 99.7 Å². The molecule has 3 amide bonds. The van der Waals surface area contributed by atoms with Crippen molar-refractivity contribution in [2.24, 2.45) is 0 Å². The molecule has 1 N–H and O–H groups in total. The molecule has 5 rings (SSSR count). The van der Waals surface area contributed by atoms with Gasteiger partial charge >= 0.3 is 0 Å². The maximum Gasteiger partial charge on any atom is 0.290 e. The molecule has 3 aromatic rings. The number of pyridine rings is 1. The second-order valence-corrected chi connectivity index (χ2v) is 11.0. The van der Waals surface area contributed by atoms with E-state index in [2.05, 4.69) is 46.0 Å². The van der Waals surface area contributed by atoms with Crippen LogP contribution in [0.25, 0.3) is 28.1 Å². The molecule has 3 heterocycles. The minimum Gasteiger partial charge on any atom is -0.368 e. The lowest BCUT2D eigenvalue weighted by Crippen LogP contribution is -2.48. The minimum absolute atomic E-state index is 0.0218. The zero-order valence-electron chi connectivity index (χ0n) is 22.3. The zero-order valence-corrected chi connectivity index (χ0v) is 23.1. The lowest BCUT2D eigenvalue weighted by molar-refractivity contribution is -0.131. The van der Waals surface area contributed by atoms with Crippen LogP contribution in [0.2, 0.25) is 0 Å². The number of nitrogens with one attached hydrogen (secondary N) is 1. The van der Waals surface area contributed by atoms with Gasteiger partial charge in [-0.3, -0.25) is 29.5 Å². The Morgan fingerprint density at radius 1 is 1.02 bits per heavy atom. The Morgan fingerprint density at radius 3 is 2.45 bits per heavy atom. The number of benzene rings is 2. The van der Waals surface area contributed by atoms with Crippen molar-refractivity contribution in [3.8, 4) is 11.1 Å². The van der Waals surface area contributed by atoms with Gasteiger partial charge in [0.2, 0.25) is 5.91 Å². The molecule has 0 saturated carbocycles. The van der Waals surface area contributed by atoms with Crippen molar-refractivity contribution in [3.05, 3.63) is 77.3 Å². The number of carbonyl (C=O) groups excluding carboxylic acids is 4. The van der Waals surface area contributed by atoms with E-state index >= 15 is 0 Å². The average Bonchev–Trinajstić information content (AvgIpc) is 3.28. The van der Waals surface area contributed by atoms with Gasteiger partial charge in [0.25, 0.3) is 11.1 Å². The molecule has 2 fully saturated rings. The van der Waals surface area contributed by atoms with E-state index in [0.717, 1.165) is 58.1 Å². The van der Waals surface area contributed by atoms with Gasteiger partial charge in [-0.2, -0.15) is 0 Å². The molecule has 204 valence electrons. The van der Waals surface area contributed by atoms with Crippen LogP contribution in [0.4, 0.5) is 10.5 Å². The number of ketones is 1. The van der Waals surface area contributed by atoms with E-state index in [1.807, 2.05) is 29.2 Å². The fourth-order valence-electron chi connectivity index (χ4n) is 4.92. The van der Waals surface area contributed by atoms with Crippen LogP contribution in [0.3, 0.4) is 0 Å². The van der Waals surface area contributed by atoms with Gasteiger partial charge in [-0.15, -0.1) is 0 Å². The number of fused-ring (bicyclic) bond motifs is 1. The molecule has 0 aliphatic carbocycles. The summed E-state index contributed by atoms with van der Waals surface area (Å²) in [4.78, 5) is 56.8. The van der Waals surface area contributed by atoms with Gasteiger partial charge in [-0.1, -0.05) is 24.8 Å². The van der Waals surface area contributed by atoms with E-state index < -0.39 is 0 Å². The summed E-state index contributed by atoms with van der Waals surface area (Å²) >= 11 is 0.901. The van der Waals surface area contributed by atoms with Crippen molar-refractivity contribution < 1.29 is 19.2 Å². The zero-order chi connectivity index (χ0) is 28.2. The van der Waals surface area contributed by atoms with Gasteiger partial charge in [-0.05, 0) is 83.8 Å². The van der Waals surface area contributed by atoms with E-state index in [0.29, 0.717) is 42.8 Å². The highest BCUT2D eigenvalue weighted by atomic mass is 32.2. The summed E-state index contributed by atoms with van der Waals surface area (Å²) in [7, 11) is 0. The normalized spacial score (nSPS) is 16.5. The number of thioether (sulfide) groups is 1. The molecule has 8 nitrogen and oxygen atoms in total. The van der Waals surface area contributed by atoms with Crippen LogP contribution in [0.15, 0.2) is 71.8 Å². The minimum atomic E-state index is -0.377. The molecule has 1 aromatic heterocycles. The Labute approximate surface area is 237 Å². The third-order valence-corrected chi connectivity index (χ3v) is 7.96. The van der Waals surface area contributed by atoms with Crippen molar-refractivity contribution in [2.75, 3.05) is 31.1 Å². The van der Waals surface area contributed by atoms with Crippen molar-refractivity contribution in [1.82, 2.24) is 15.2 Å². The van der Waals surface area contributed by atoms with Crippen LogP contribution in [0.5, 0.6) is 0 Å². The number of nitrogens with zero attached hydrogens (tertiary/aromatic N) is 3. The molecule has 0 radical (unpaired) electrons. The second-order valence-electron chi connectivity index (χ2n) is 9.96. The Kier molecular flexibility index (Phi) is 8.11. The van der Waals surface area contributed by atoms with Crippen molar-refractivity contribution in [3.63, 3.8) is 0 Å². The number of hydrogen-bond acceptors (Lipinski definition) is 7. The van der Waals surface area contributed by atoms with Gasteiger partial charge in [0.15, 0.2) is 5.78 Å². The summed E-state index contributed by atoms with van der Waals surface area (Å²) in [5.41, 5.74) is 5.37. The molecule has 2 aromatic carbocycles. The number of imide groups is 1. The van der Waals surface area contributed by atoms with E-state index in [1.54, 1.807) is 19.2 Å². The predicted octanol–water partition coefficient (Wildman–Crippen LogP) is 5.19. The number of hydrogen-bond donors (Lipinski definition) is 1. The number of anilines is 1. The van der Waals surface area contributed by atoms with Gasteiger partial charge < -0.3 is 9.80 Å². The molecule has 0 atom stereocenters. The van der Waals surface area contributed by atoms with Crippen LogP contribution in [0, 0.1) is 0 Å². The van der Waals surface area contributed by atoms with Crippen LogP contribution in [0.1, 0.15) is 31.7 Å². The molecule has 9 heteroatoms. The molecular weight excluding hydrogens is 524 g/mol. The SMILES string of the molecule is C=C(C)C(=O)CCCC(=O)N1CCN(c2ccc(-c3ccnc4ccc(/C=C5\SC(=O)NC5=O)cc34)cc2)CC1. The molecular formula is C31H30N4O4S. The number of aromatic nitrogens is 1. The molecule has 0 unspecified atom stereocenters. The maximum atomic E-state index is 12.6. The maximum absolute atomic E-state index is 12.6. The molecule has 40 heavy (non-hydrogen) atoms. The molecule has 0 bridgehead atoms. The highest BCUT2D eigenvalue weighted by Crippen LogP contribution is 2.32. The monoisotopic (exact) mass is 554 g/mol. The lowest BCUT2D eigenvalue weighted by atomic mass is 9.99. The number of carbonyl (C=O) groups is 4. The number of piperazine rings is 1. The van der Waals surface area contributed by atoms with Crippen LogP contribution < -0.4 is 10.2 Å². The number of amides is 3. The van der Waals surface area contributed by atoms with Crippen molar-refractivity contribution in [1.29, 1.82) is 0 Å². The molecule has 0 spiro atoms. The van der Waals surface area contributed by atoms with Gasteiger partial charge in [0, 0.05) is 56.3 Å². The Balaban J connectivity index is 1.24. The summed E-state index contributed by atoms with van der Waals surface area (Å²) in [5, 5.41) is 2.88. The third kappa shape index (κ3) is 6.15. The van der Waals surface area contributed by atoms with Crippen molar-refractivity contribution >= 4 is 57.3 Å². The number of allylic oxidation sites excluding steroid dienone is 1. The Morgan fingerprint density at radius 2 is 1.77 bits per heavy atom. The largest absolute Gasteiger partial charge is 0.368 e.